The molecule has 0 saturated carbocycles. The second-order valence-electron chi connectivity index (χ2n) is 5.85. The Labute approximate surface area is 126 Å². The third-order valence-electron chi connectivity index (χ3n) is 4.31. The largest absolute Gasteiger partial charge is 0.396 e. The highest BCUT2D eigenvalue weighted by atomic mass is 16.3. The molecule has 2 heterocycles. The number of likely N-dealkylation sites (tertiary alicyclic amines) is 1. The zero-order valence-corrected chi connectivity index (χ0v) is 13.2. The molecule has 0 bridgehead atoms. The first-order chi connectivity index (χ1) is 10.0. The summed E-state index contributed by atoms with van der Waals surface area (Å²) in [4.78, 5) is 14.5. The van der Waals surface area contributed by atoms with E-state index < -0.39 is 0 Å². The Bertz CT molecular complexity index is 498. The molecule has 1 saturated heterocycles. The van der Waals surface area contributed by atoms with Crippen LogP contribution < -0.4 is 5.32 Å². The maximum atomic E-state index is 12.3. The zero-order chi connectivity index (χ0) is 15.4. The van der Waals surface area contributed by atoms with E-state index in [2.05, 4.69) is 15.3 Å². The third-order valence-corrected chi connectivity index (χ3v) is 4.31. The highest BCUT2D eigenvalue weighted by Gasteiger charge is 2.26. The molecule has 21 heavy (non-hydrogen) atoms. The van der Waals surface area contributed by atoms with Crippen LogP contribution in [0.3, 0.4) is 0 Å². The van der Waals surface area contributed by atoms with E-state index in [0.29, 0.717) is 12.6 Å². The summed E-state index contributed by atoms with van der Waals surface area (Å²) in [6.45, 7) is 5.47. The standard InChI is InChI=1S/C15H26N4O2/c1-11-15(12(2)18(3)17-11)16-14(21)10-19-8-4-6-13(19)7-5-9-20/h13,20H,4-10H2,1-3H3,(H,16,21). The van der Waals surface area contributed by atoms with Gasteiger partial charge in [0.15, 0.2) is 0 Å². The molecule has 0 radical (unpaired) electrons. The van der Waals surface area contributed by atoms with Gasteiger partial charge in [-0.25, -0.2) is 0 Å². The highest BCUT2D eigenvalue weighted by Crippen LogP contribution is 2.22. The number of rotatable bonds is 6. The van der Waals surface area contributed by atoms with Gasteiger partial charge in [-0.3, -0.25) is 14.4 Å². The van der Waals surface area contributed by atoms with E-state index in [1.165, 1.54) is 0 Å². The topological polar surface area (TPSA) is 70.4 Å². The van der Waals surface area contributed by atoms with E-state index in [1.807, 2.05) is 20.9 Å². The molecule has 0 spiro atoms. The molecule has 0 aromatic carbocycles. The lowest BCUT2D eigenvalue weighted by Crippen LogP contribution is -2.37. The number of nitrogens with zero attached hydrogens (tertiary/aromatic N) is 3. The van der Waals surface area contributed by atoms with Gasteiger partial charge in [-0.1, -0.05) is 0 Å². The molecule has 1 amide bonds. The van der Waals surface area contributed by atoms with Gasteiger partial charge in [0.2, 0.25) is 5.91 Å². The predicted molar refractivity (Wildman–Crippen MR) is 82.2 cm³/mol. The Morgan fingerprint density at radius 3 is 2.86 bits per heavy atom. The smallest absolute Gasteiger partial charge is 0.238 e. The second kappa shape index (κ2) is 7.04. The number of aromatic nitrogens is 2. The molecular weight excluding hydrogens is 268 g/mol. The summed E-state index contributed by atoms with van der Waals surface area (Å²) in [5.74, 6) is 0.0186. The molecular formula is C15H26N4O2. The number of hydrogen-bond acceptors (Lipinski definition) is 4. The average molecular weight is 294 g/mol. The minimum Gasteiger partial charge on any atom is -0.396 e. The first-order valence-electron chi connectivity index (χ1n) is 7.68. The summed E-state index contributed by atoms with van der Waals surface area (Å²) < 4.78 is 1.78. The van der Waals surface area contributed by atoms with Gasteiger partial charge in [0.05, 0.1) is 23.6 Å². The number of carbonyl (C=O) groups excluding carboxylic acids is 1. The molecule has 1 fully saturated rings. The number of aryl methyl sites for hydroxylation is 2. The van der Waals surface area contributed by atoms with E-state index in [4.69, 9.17) is 5.11 Å². The molecule has 1 aromatic heterocycles. The molecule has 6 heteroatoms. The van der Waals surface area contributed by atoms with Gasteiger partial charge in [0.25, 0.3) is 0 Å². The number of aliphatic hydroxyl groups is 1. The van der Waals surface area contributed by atoms with Crippen molar-refractivity contribution in [1.29, 1.82) is 0 Å². The highest BCUT2D eigenvalue weighted by molar-refractivity contribution is 5.93. The minimum absolute atomic E-state index is 0.0186. The van der Waals surface area contributed by atoms with Crippen molar-refractivity contribution >= 4 is 11.6 Å². The van der Waals surface area contributed by atoms with Crippen molar-refractivity contribution in [3.05, 3.63) is 11.4 Å². The van der Waals surface area contributed by atoms with Crippen LogP contribution in [0.15, 0.2) is 0 Å². The maximum absolute atomic E-state index is 12.3. The van der Waals surface area contributed by atoms with Gasteiger partial charge in [0, 0.05) is 19.7 Å². The first kappa shape index (κ1) is 16.0. The van der Waals surface area contributed by atoms with Crippen LogP contribution in [0.4, 0.5) is 5.69 Å². The van der Waals surface area contributed by atoms with Crippen molar-refractivity contribution in [1.82, 2.24) is 14.7 Å². The zero-order valence-electron chi connectivity index (χ0n) is 13.2. The van der Waals surface area contributed by atoms with Crippen molar-refractivity contribution in [2.75, 3.05) is 25.0 Å². The van der Waals surface area contributed by atoms with E-state index in [-0.39, 0.29) is 12.5 Å². The normalized spacial score (nSPS) is 19.1. The van der Waals surface area contributed by atoms with E-state index in [9.17, 15) is 4.79 Å². The molecule has 1 unspecified atom stereocenters. The van der Waals surface area contributed by atoms with E-state index in [1.54, 1.807) is 4.68 Å². The van der Waals surface area contributed by atoms with Crippen molar-refractivity contribution in [3.8, 4) is 0 Å². The molecule has 0 aliphatic carbocycles. The van der Waals surface area contributed by atoms with E-state index >= 15 is 0 Å². The van der Waals surface area contributed by atoms with Crippen LogP contribution in [0.1, 0.15) is 37.1 Å². The van der Waals surface area contributed by atoms with Gasteiger partial charge >= 0.3 is 0 Å². The summed E-state index contributed by atoms with van der Waals surface area (Å²) in [5, 5.41) is 16.2. The molecule has 2 N–H and O–H groups in total. The van der Waals surface area contributed by atoms with Crippen LogP contribution in [0.2, 0.25) is 0 Å². The van der Waals surface area contributed by atoms with Crippen LogP contribution in [0, 0.1) is 13.8 Å². The van der Waals surface area contributed by atoms with Gasteiger partial charge < -0.3 is 10.4 Å². The fraction of sp³-hybridized carbons (Fsp3) is 0.733. The van der Waals surface area contributed by atoms with Crippen molar-refractivity contribution < 1.29 is 9.90 Å². The fourth-order valence-corrected chi connectivity index (χ4v) is 3.08. The summed E-state index contributed by atoms with van der Waals surface area (Å²) in [6.07, 6.45) is 4.03. The van der Waals surface area contributed by atoms with Crippen LogP contribution in [-0.4, -0.2) is 51.4 Å². The lowest BCUT2D eigenvalue weighted by atomic mass is 10.1. The molecule has 6 nitrogen and oxygen atoms in total. The fourth-order valence-electron chi connectivity index (χ4n) is 3.08. The number of amides is 1. The lowest BCUT2D eigenvalue weighted by molar-refractivity contribution is -0.117. The molecule has 1 aliphatic rings. The van der Waals surface area contributed by atoms with Crippen molar-refractivity contribution in [2.24, 2.45) is 7.05 Å². The molecule has 2 rings (SSSR count). The first-order valence-corrected chi connectivity index (χ1v) is 7.68. The summed E-state index contributed by atoms with van der Waals surface area (Å²) in [7, 11) is 1.88. The predicted octanol–water partition coefficient (Wildman–Crippen LogP) is 1.21. The van der Waals surface area contributed by atoms with Crippen LogP contribution in [-0.2, 0) is 11.8 Å². The van der Waals surface area contributed by atoms with Crippen molar-refractivity contribution in [3.63, 3.8) is 0 Å². The second-order valence-corrected chi connectivity index (χ2v) is 5.85. The number of nitrogens with one attached hydrogen (secondary N) is 1. The quantitative estimate of drug-likeness (QED) is 0.827. The summed E-state index contributed by atoms with van der Waals surface area (Å²) in [5.41, 5.74) is 2.65. The van der Waals surface area contributed by atoms with Crippen LogP contribution in [0.5, 0.6) is 0 Å². The van der Waals surface area contributed by atoms with Gasteiger partial charge in [0.1, 0.15) is 0 Å². The molecule has 1 aliphatic heterocycles. The van der Waals surface area contributed by atoms with Gasteiger partial charge in [-0.2, -0.15) is 5.10 Å². The van der Waals surface area contributed by atoms with Crippen LogP contribution >= 0.6 is 0 Å². The maximum Gasteiger partial charge on any atom is 0.238 e. The van der Waals surface area contributed by atoms with Gasteiger partial charge in [-0.05, 0) is 46.1 Å². The minimum atomic E-state index is 0.0186. The Hall–Kier alpha value is -1.40. The lowest BCUT2D eigenvalue weighted by Gasteiger charge is -2.23. The molecule has 118 valence electrons. The Kier molecular flexibility index (Phi) is 5.36. The Morgan fingerprint density at radius 1 is 1.48 bits per heavy atom. The number of aliphatic hydroxyl groups excluding tert-OH is 1. The third kappa shape index (κ3) is 3.83. The van der Waals surface area contributed by atoms with Crippen LogP contribution in [0.25, 0.3) is 0 Å². The van der Waals surface area contributed by atoms with Gasteiger partial charge in [-0.15, -0.1) is 0 Å². The summed E-state index contributed by atoms with van der Waals surface area (Å²) >= 11 is 0. The summed E-state index contributed by atoms with van der Waals surface area (Å²) in [6, 6.07) is 0.430. The Balaban J connectivity index is 1.92. The molecule has 1 atom stereocenters. The monoisotopic (exact) mass is 294 g/mol. The SMILES string of the molecule is Cc1nn(C)c(C)c1NC(=O)CN1CCCC1CCCO. The van der Waals surface area contributed by atoms with E-state index in [0.717, 1.165) is 49.3 Å². The molecule has 1 aromatic rings. The Morgan fingerprint density at radius 2 is 2.24 bits per heavy atom. The number of carbonyl (C=O) groups is 1. The number of hydrogen-bond donors (Lipinski definition) is 2. The average Bonchev–Trinajstić information content (AvgIpc) is 2.97. The van der Waals surface area contributed by atoms with Crippen molar-refractivity contribution in [2.45, 2.75) is 45.6 Å². The number of anilines is 1.